The maximum Gasteiger partial charge on any atom is 0.243 e. The van der Waals surface area contributed by atoms with Crippen LogP contribution in [0.15, 0.2) is 59.5 Å². The van der Waals surface area contributed by atoms with Crippen LogP contribution in [0.25, 0.3) is 10.9 Å². The van der Waals surface area contributed by atoms with Crippen molar-refractivity contribution in [2.45, 2.75) is 31.3 Å². The molecule has 4 rings (SSSR count). The second-order valence-electron chi connectivity index (χ2n) is 6.98. The van der Waals surface area contributed by atoms with Gasteiger partial charge in [0.2, 0.25) is 15.9 Å². The Labute approximate surface area is 159 Å². The molecule has 0 aliphatic carbocycles. The Morgan fingerprint density at radius 1 is 1.04 bits per heavy atom. The molecule has 0 amide bonds. The number of hydrogen-bond acceptors (Lipinski definition) is 4. The van der Waals surface area contributed by atoms with Crippen LogP contribution in [0.3, 0.4) is 0 Å². The zero-order valence-electron chi connectivity index (χ0n) is 15.4. The van der Waals surface area contributed by atoms with Crippen LogP contribution in [-0.2, 0) is 10.0 Å². The van der Waals surface area contributed by atoms with Gasteiger partial charge in [0.05, 0.1) is 17.0 Å². The van der Waals surface area contributed by atoms with E-state index in [2.05, 4.69) is 4.98 Å². The van der Waals surface area contributed by atoms with E-state index in [0.717, 1.165) is 22.0 Å². The first-order valence-corrected chi connectivity index (χ1v) is 10.5. The third kappa shape index (κ3) is 3.55. The molecule has 5 nitrogen and oxygen atoms in total. The molecule has 1 fully saturated rings. The Balaban J connectivity index is 1.49. The molecular formula is C21H22N2O3S. The van der Waals surface area contributed by atoms with Crippen LogP contribution in [0.2, 0.25) is 0 Å². The normalized spacial score (nSPS) is 18.1. The minimum Gasteiger partial charge on any atom is -0.473 e. The molecule has 2 aromatic carbocycles. The summed E-state index contributed by atoms with van der Waals surface area (Å²) in [5.41, 5.74) is 2.93. The fraction of sp³-hybridized carbons (Fsp3) is 0.286. The molecule has 0 N–H and O–H groups in total. The standard InChI is InChI=1S/C21H22N2O3S/c1-15-7-9-19(13-16(15)2)27(24,25)23-12-11-18(14-23)26-21-10-8-17-5-3-4-6-20(17)22-21/h3-10,13,18H,11-12,14H2,1-2H3. The fourth-order valence-electron chi connectivity index (χ4n) is 3.32. The summed E-state index contributed by atoms with van der Waals surface area (Å²) in [5.74, 6) is 0.532. The van der Waals surface area contributed by atoms with Crippen LogP contribution < -0.4 is 4.74 Å². The first-order chi connectivity index (χ1) is 12.9. The number of hydrogen-bond donors (Lipinski definition) is 0. The van der Waals surface area contributed by atoms with Gasteiger partial charge in [-0.3, -0.25) is 0 Å². The first kappa shape index (κ1) is 17.9. The maximum atomic E-state index is 12.9. The second-order valence-corrected chi connectivity index (χ2v) is 8.92. The summed E-state index contributed by atoms with van der Waals surface area (Å²) in [4.78, 5) is 4.86. The van der Waals surface area contributed by atoms with Crippen molar-refractivity contribution < 1.29 is 13.2 Å². The molecule has 0 spiro atoms. The third-order valence-electron chi connectivity index (χ3n) is 5.08. The van der Waals surface area contributed by atoms with Crippen molar-refractivity contribution in [1.82, 2.24) is 9.29 Å². The van der Waals surface area contributed by atoms with Crippen molar-refractivity contribution in [2.75, 3.05) is 13.1 Å². The molecule has 1 saturated heterocycles. The number of ether oxygens (including phenoxy) is 1. The van der Waals surface area contributed by atoms with Crippen LogP contribution >= 0.6 is 0 Å². The van der Waals surface area contributed by atoms with E-state index in [-0.39, 0.29) is 6.10 Å². The Hall–Kier alpha value is -2.44. The molecule has 0 bridgehead atoms. The Morgan fingerprint density at radius 2 is 1.85 bits per heavy atom. The maximum absolute atomic E-state index is 12.9. The van der Waals surface area contributed by atoms with E-state index in [4.69, 9.17) is 4.74 Å². The molecular weight excluding hydrogens is 360 g/mol. The number of fused-ring (bicyclic) bond motifs is 1. The number of aryl methyl sites for hydroxylation is 2. The van der Waals surface area contributed by atoms with E-state index in [0.29, 0.717) is 30.3 Å². The summed E-state index contributed by atoms with van der Waals surface area (Å²) in [6, 6.07) is 16.9. The van der Waals surface area contributed by atoms with E-state index < -0.39 is 10.0 Å². The average molecular weight is 382 g/mol. The number of aromatic nitrogens is 1. The average Bonchev–Trinajstić information content (AvgIpc) is 3.13. The quantitative estimate of drug-likeness (QED) is 0.690. The summed E-state index contributed by atoms with van der Waals surface area (Å²) in [6.07, 6.45) is 0.457. The van der Waals surface area contributed by atoms with Crippen molar-refractivity contribution in [2.24, 2.45) is 0 Å². The highest BCUT2D eigenvalue weighted by Crippen LogP contribution is 2.25. The Kier molecular flexibility index (Phi) is 4.61. The molecule has 0 radical (unpaired) electrons. The number of benzene rings is 2. The molecule has 3 aromatic rings. The molecule has 1 unspecified atom stereocenters. The number of pyridine rings is 1. The topological polar surface area (TPSA) is 59.5 Å². The molecule has 27 heavy (non-hydrogen) atoms. The monoisotopic (exact) mass is 382 g/mol. The van der Waals surface area contributed by atoms with E-state index >= 15 is 0 Å². The lowest BCUT2D eigenvalue weighted by molar-refractivity contribution is 0.207. The van der Waals surface area contributed by atoms with Gasteiger partial charge in [0.25, 0.3) is 0 Å². The van der Waals surface area contributed by atoms with Gasteiger partial charge < -0.3 is 4.74 Å². The van der Waals surface area contributed by atoms with Gasteiger partial charge in [0, 0.05) is 18.0 Å². The first-order valence-electron chi connectivity index (χ1n) is 9.03. The van der Waals surface area contributed by atoms with E-state index in [1.165, 1.54) is 4.31 Å². The van der Waals surface area contributed by atoms with Crippen LogP contribution in [0.5, 0.6) is 5.88 Å². The lowest BCUT2D eigenvalue weighted by Crippen LogP contribution is -2.31. The summed E-state index contributed by atoms with van der Waals surface area (Å²) >= 11 is 0. The zero-order chi connectivity index (χ0) is 19.0. The summed E-state index contributed by atoms with van der Waals surface area (Å²) in [7, 11) is -3.50. The van der Waals surface area contributed by atoms with Crippen LogP contribution in [0, 0.1) is 13.8 Å². The SMILES string of the molecule is Cc1ccc(S(=O)(=O)N2CCC(Oc3ccc4ccccc4n3)C2)cc1C. The van der Waals surface area contributed by atoms with Crippen molar-refractivity contribution in [3.05, 3.63) is 65.7 Å². The van der Waals surface area contributed by atoms with Crippen LogP contribution in [-0.4, -0.2) is 36.9 Å². The molecule has 0 saturated carbocycles. The summed E-state index contributed by atoms with van der Waals surface area (Å²) < 4.78 is 33.3. The largest absolute Gasteiger partial charge is 0.473 e. The third-order valence-corrected chi connectivity index (χ3v) is 6.95. The minimum absolute atomic E-state index is 0.194. The van der Waals surface area contributed by atoms with E-state index in [1.807, 2.05) is 56.3 Å². The zero-order valence-corrected chi connectivity index (χ0v) is 16.2. The minimum atomic E-state index is -3.50. The highest BCUT2D eigenvalue weighted by molar-refractivity contribution is 7.89. The highest BCUT2D eigenvalue weighted by atomic mass is 32.2. The van der Waals surface area contributed by atoms with Crippen LogP contribution in [0.1, 0.15) is 17.5 Å². The van der Waals surface area contributed by atoms with Gasteiger partial charge in [-0.25, -0.2) is 13.4 Å². The Morgan fingerprint density at radius 3 is 2.67 bits per heavy atom. The fourth-order valence-corrected chi connectivity index (χ4v) is 4.89. The number of nitrogens with zero attached hydrogens (tertiary/aromatic N) is 2. The van der Waals surface area contributed by atoms with Crippen molar-refractivity contribution >= 4 is 20.9 Å². The number of sulfonamides is 1. The molecule has 1 aliphatic rings. The van der Waals surface area contributed by atoms with E-state index in [1.54, 1.807) is 12.1 Å². The summed E-state index contributed by atoms with van der Waals surface area (Å²) in [5, 5.41) is 1.05. The van der Waals surface area contributed by atoms with Crippen molar-refractivity contribution in [3.63, 3.8) is 0 Å². The number of para-hydroxylation sites is 1. The summed E-state index contributed by atoms with van der Waals surface area (Å²) in [6.45, 7) is 4.69. The van der Waals surface area contributed by atoms with Gasteiger partial charge in [-0.1, -0.05) is 24.3 Å². The smallest absolute Gasteiger partial charge is 0.243 e. The second kappa shape index (κ2) is 6.94. The molecule has 140 valence electrons. The lowest BCUT2D eigenvalue weighted by atomic mass is 10.1. The molecule has 2 heterocycles. The molecule has 1 aliphatic heterocycles. The van der Waals surface area contributed by atoms with Gasteiger partial charge in [0.15, 0.2) is 0 Å². The lowest BCUT2D eigenvalue weighted by Gasteiger charge is -2.18. The molecule has 6 heteroatoms. The van der Waals surface area contributed by atoms with Gasteiger partial charge in [-0.2, -0.15) is 4.31 Å². The predicted octanol–water partition coefficient (Wildman–Crippen LogP) is 3.69. The Bertz CT molecular complexity index is 1100. The van der Waals surface area contributed by atoms with Crippen molar-refractivity contribution in [1.29, 1.82) is 0 Å². The predicted molar refractivity (Wildman–Crippen MR) is 105 cm³/mol. The molecule has 1 aromatic heterocycles. The van der Waals surface area contributed by atoms with Gasteiger partial charge in [0.1, 0.15) is 6.10 Å². The van der Waals surface area contributed by atoms with Crippen LogP contribution in [0.4, 0.5) is 0 Å². The number of rotatable bonds is 4. The van der Waals surface area contributed by atoms with E-state index in [9.17, 15) is 8.42 Å². The highest BCUT2D eigenvalue weighted by Gasteiger charge is 2.34. The van der Waals surface area contributed by atoms with Gasteiger partial charge in [-0.05, 0) is 55.7 Å². The van der Waals surface area contributed by atoms with Crippen molar-refractivity contribution in [3.8, 4) is 5.88 Å². The van der Waals surface area contributed by atoms with Gasteiger partial charge in [-0.15, -0.1) is 0 Å². The molecule has 1 atom stereocenters. The van der Waals surface area contributed by atoms with Gasteiger partial charge >= 0.3 is 0 Å².